The van der Waals surface area contributed by atoms with E-state index in [1.807, 2.05) is 54.7 Å². The molecule has 2 aromatic carbocycles. The van der Waals surface area contributed by atoms with Gasteiger partial charge in [-0.1, -0.05) is 41.1 Å². The van der Waals surface area contributed by atoms with Crippen molar-refractivity contribution in [3.8, 4) is 0 Å². The molecule has 0 atom stereocenters. The molecule has 0 spiro atoms. The van der Waals surface area contributed by atoms with E-state index in [-0.39, 0.29) is 5.91 Å². The van der Waals surface area contributed by atoms with Crippen molar-refractivity contribution in [3.63, 3.8) is 0 Å². The van der Waals surface area contributed by atoms with Gasteiger partial charge in [-0.3, -0.25) is 4.79 Å². The first-order valence-corrected chi connectivity index (χ1v) is 9.21. The van der Waals surface area contributed by atoms with E-state index in [2.05, 4.69) is 10.3 Å². The summed E-state index contributed by atoms with van der Waals surface area (Å²) < 4.78 is 1.76. The zero-order valence-corrected chi connectivity index (χ0v) is 14.9. The van der Waals surface area contributed by atoms with Gasteiger partial charge in [-0.25, -0.2) is 4.68 Å². The van der Waals surface area contributed by atoms with Gasteiger partial charge in [0.15, 0.2) is 0 Å². The minimum Gasteiger partial charge on any atom is -0.304 e. The summed E-state index contributed by atoms with van der Waals surface area (Å²) in [4.78, 5) is 15.2. The lowest BCUT2D eigenvalue weighted by Crippen LogP contribution is -2.34. The zero-order chi connectivity index (χ0) is 17.2. The fourth-order valence-corrected chi connectivity index (χ4v) is 3.95. The minimum atomic E-state index is 0.0908. The van der Waals surface area contributed by atoms with E-state index in [1.54, 1.807) is 21.3 Å². The van der Waals surface area contributed by atoms with Crippen molar-refractivity contribution in [2.24, 2.45) is 0 Å². The number of hydrogen-bond acceptors (Lipinski definition) is 4. The third kappa shape index (κ3) is 3.55. The van der Waals surface area contributed by atoms with Crippen LogP contribution >= 0.6 is 23.4 Å². The quantitative estimate of drug-likeness (QED) is 0.703. The smallest absolute Gasteiger partial charge is 0.237 e. The number of carbonyl (C=O) groups is 1. The summed E-state index contributed by atoms with van der Waals surface area (Å²) in [6.07, 6.45) is 1.87. The second-order valence-electron chi connectivity index (χ2n) is 5.77. The van der Waals surface area contributed by atoms with Gasteiger partial charge in [-0.15, -0.1) is 16.9 Å². The van der Waals surface area contributed by atoms with Gasteiger partial charge in [0.2, 0.25) is 5.91 Å². The lowest BCUT2D eigenvalue weighted by molar-refractivity contribution is -0.116. The second kappa shape index (κ2) is 6.90. The first-order chi connectivity index (χ1) is 12.2. The Morgan fingerprint density at radius 3 is 2.88 bits per heavy atom. The molecule has 7 heteroatoms. The van der Waals surface area contributed by atoms with Gasteiger partial charge in [-0.05, 0) is 29.8 Å². The summed E-state index contributed by atoms with van der Waals surface area (Å²) in [5.41, 5.74) is 2.75. The van der Waals surface area contributed by atoms with E-state index in [9.17, 15) is 4.79 Å². The summed E-state index contributed by atoms with van der Waals surface area (Å²) >= 11 is 7.59. The van der Waals surface area contributed by atoms with E-state index in [1.165, 1.54) is 0 Å². The number of thioether (sulfide) groups is 1. The highest BCUT2D eigenvalue weighted by atomic mass is 35.5. The molecule has 4 rings (SSSR count). The molecule has 5 nitrogen and oxygen atoms in total. The van der Waals surface area contributed by atoms with E-state index in [0.717, 1.165) is 21.8 Å². The highest BCUT2D eigenvalue weighted by Crippen LogP contribution is 2.35. The van der Waals surface area contributed by atoms with Crippen LogP contribution in [0.1, 0.15) is 11.3 Å². The number of benzene rings is 2. The van der Waals surface area contributed by atoms with Crippen molar-refractivity contribution in [3.05, 3.63) is 71.0 Å². The fraction of sp³-hybridized carbons (Fsp3) is 0.167. The molecule has 1 aromatic heterocycles. The SMILES string of the molecule is O=C1CSc2ccccc2N1Cc1cn(Cc2cccc(Cl)c2)nn1. The maximum Gasteiger partial charge on any atom is 0.237 e. The van der Waals surface area contributed by atoms with Gasteiger partial charge in [0.1, 0.15) is 5.69 Å². The van der Waals surface area contributed by atoms with E-state index < -0.39 is 0 Å². The fourth-order valence-electron chi connectivity index (χ4n) is 2.80. The first-order valence-electron chi connectivity index (χ1n) is 7.85. The molecule has 1 aliphatic heterocycles. The van der Waals surface area contributed by atoms with E-state index in [4.69, 9.17) is 11.6 Å². The minimum absolute atomic E-state index is 0.0908. The number of aromatic nitrogens is 3. The third-order valence-corrected chi connectivity index (χ3v) is 5.23. The Morgan fingerprint density at radius 1 is 1.12 bits per heavy atom. The summed E-state index contributed by atoms with van der Waals surface area (Å²) in [6, 6.07) is 15.6. The molecule has 1 aliphatic rings. The van der Waals surface area contributed by atoms with Crippen molar-refractivity contribution in [1.82, 2.24) is 15.0 Å². The summed E-state index contributed by atoms with van der Waals surface area (Å²) in [5, 5.41) is 9.08. The molecule has 3 aromatic rings. The molecule has 0 fully saturated rings. The van der Waals surface area contributed by atoms with Crippen molar-refractivity contribution < 1.29 is 4.79 Å². The van der Waals surface area contributed by atoms with Gasteiger partial charge in [0, 0.05) is 9.92 Å². The van der Waals surface area contributed by atoms with Crippen molar-refractivity contribution in [1.29, 1.82) is 0 Å². The molecule has 1 amide bonds. The van der Waals surface area contributed by atoms with Crippen LogP contribution in [0.2, 0.25) is 5.02 Å². The van der Waals surface area contributed by atoms with Crippen LogP contribution in [0.15, 0.2) is 59.6 Å². The molecule has 0 radical (unpaired) electrons. The Hall–Kier alpha value is -2.31. The van der Waals surface area contributed by atoms with Gasteiger partial charge >= 0.3 is 0 Å². The van der Waals surface area contributed by atoms with Gasteiger partial charge in [-0.2, -0.15) is 0 Å². The Kier molecular flexibility index (Phi) is 4.46. The van der Waals surface area contributed by atoms with Gasteiger partial charge in [0.25, 0.3) is 0 Å². The average molecular weight is 371 g/mol. The van der Waals surface area contributed by atoms with Crippen molar-refractivity contribution >= 4 is 35.0 Å². The predicted molar refractivity (Wildman–Crippen MR) is 98.9 cm³/mol. The largest absolute Gasteiger partial charge is 0.304 e. The monoisotopic (exact) mass is 370 g/mol. The molecule has 0 saturated carbocycles. The number of halogens is 1. The standard InChI is InChI=1S/C18H15ClN4OS/c19-14-5-3-4-13(8-14)9-22-10-15(20-21-22)11-23-16-6-1-2-7-17(16)25-12-18(23)24/h1-8,10H,9,11-12H2. The summed E-state index contributed by atoms with van der Waals surface area (Å²) in [7, 11) is 0. The number of rotatable bonds is 4. The first kappa shape index (κ1) is 16.2. The Labute approximate surface area is 154 Å². The lowest BCUT2D eigenvalue weighted by Gasteiger charge is -2.28. The molecule has 25 heavy (non-hydrogen) atoms. The van der Waals surface area contributed by atoms with Crippen LogP contribution in [0.3, 0.4) is 0 Å². The number of hydrogen-bond donors (Lipinski definition) is 0. The van der Waals surface area contributed by atoms with Crippen molar-refractivity contribution in [2.75, 3.05) is 10.7 Å². The third-order valence-electron chi connectivity index (χ3n) is 3.95. The molecule has 0 saturated heterocycles. The van der Waals surface area contributed by atoms with Crippen LogP contribution in [0, 0.1) is 0 Å². The second-order valence-corrected chi connectivity index (χ2v) is 7.23. The summed E-state index contributed by atoms with van der Waals surface area (Å²) in [5.74, 6) is 0.543. The number of fused-ring (bicyclic) bond motifs is 1. The topological polar surface area (TPSA) is 51.0 Å². The van der Waals surface area contributed by atoms with Crippen LogP contribution in [-0.2, 0) is 17.9 Å². The molecule has 0 unspecified atom stereocenters. The molecular formula is C18H15ClN4OS. The number of anilines is 1. The number of para-hydroxylation sites is 1. The summed E-state index contributed by atoms with van der Waals surface area (Å²) in [6.45, 7) is 1.01. The molecule has 0 aliphatic carbocycles. The highest BCUT2D eigenvalue weighted by Gasteiger charge is 2.25. The molecule has 2 heterocycles. The lowest BCUT2D eigenvalue weighted by atomic mass is 10.2. The normalized spacial score (nSPS) is 13.8. The van der Waals surface area contributed by atoms with Gasteiger partial charge in [0.05, 0.1) is 30.7 Å². The number of carbonyl (C=O) groups excluding carboxylic acids is 1. The maximum absolute atomic E-state index is 12.3. The van der Waals surface area contributed by atoms with E-state index >= 15 is 0 Å². The Bertz CT molecular complexity index is 927. The number of amides is 1. The Morgan fingerprint density at radius 2 is 2.00 bits per heavy atom. The molecule has 0 bridgehead atoms. The zero-order valence-electron chi connectivity index (χ0n) is 13.3. The van der Waals surface area contributed by atoms with Crippen LogP contribution in [-0.4, -0.2) is 26.7 Å². The maximum atomic E-state index is 12.3. The van der Waals surface area contributed by atoms with Crippen LogP contribution in [0.5, 0.6) is 0 Å². The molecule has 0 N–H and O–H groups in total. The molecular weight excluding hydrogens is 356 g/mol. The van der Waals surface area contributed by atoms with Gasteiger partial charge < -0.3 is 4.90 Å². The highest BCUT2D eigenvalue weighted by molar-refractivity contribution is 8.00. The predicted octanol–water partition coefficient (Wildman–Crippen LogP) is 3.62. The van der Waals surface area contributed by atoms with E-state index in [0.29, 0.717) is 23.9 Å². The Balaban J connectivity index is 1.52. The number of nitrogens with zero attached hydrogens (tertiary/aromatic N) is 4. The van der Waals surface area contributed by atoms with Crippen LogP contribution < -0.4 is 4.90 Å². The average Bonchev–Trinajstić information content (AvgIpc) is 3.04. The molecule has 126 valence electrons. The van der Waals surface area contributed by atoms with Crippen LogP contribution in [0.25, 0.3) is 0 Å². The van der Waals surface area contributed by atoms with Crippen LogP contribution in [0.4, 0.5) is 5.69 Å². The van der Waals surface area contributed by atoms with Crippen molar-refractivity contribution in [2.45, 2.75) is 18.0 Å².